The largest absolute Gasteiger partial charge is 0.364 e. The quantitative estimate of drug-likeness (QED) is 0.618. The van der Waals surface area contributed by atoms with E-state index in [1.165, 1.54) is 0 Å². The van der Waals surface area contributed by atoms with Gasteiger partial charge >= 0.3 is 0 Å². The molecule has 0 saturated heterocycles. The number of hydrogen-bond donors (Lipinski definition) is 1. The van der Waals surface area contributed by atoms with Crippen LogP contribution in [0.15, 0.2) is 61.1 Å². The first-order valence-electron chi connectivity index (χ1n) is 7.01. The van der Waals surface area contributed by atoms with E-state index in [-0.39, 0.29) is 0 Å². The molecule has 22 heavy (non-hydrogen) atoms. The Morgan fingerprint density at radius 2 is 1.82 bits per heavy atom. The summed E-state index contributed by atoms with van der Waals surface area (Å²) < 4.78 is 2.04. The van der Waals surface area contributed by atoms with E-state index in [2.05, 4.69) is 10.3 Å². The highest BCUT2D eigenvalue weighted by Gasteiger charge is 2.08. The van der Waals surface area contributed by atoms with Crippen LogP contribution in [0.2, 0.25) is 5.02 Å². The molecule has 0 radical (unpaired) electrons. The van der Waals surface area contributed by atoms with Gasteiger partial charge in [0.1, 0.15) is 5.52 Å². The first-order chi connectivity index (χ1) is 10.8. The van der Waals surface area contributed by atoms with Crippen LogP contribution in [0.4, 0.5) is 5.82 Å². The van der Waals surface area contributed by atoms with Gasteiger partial charge in [0.15, 0.2) is 5.82 Å². The molecular formula is C17H13ClN4. The predicted molar refractivity (Wildman–Crippen MR) is 89.3 cm³/mol. The third-order valence-electron chi connectivity index (χ3n) is 3.66. The Hall–Kier alpha value is -2.59. The molecule has 2 aromatic carbocycles. The number of aromatic nitrogens is 3. The summed E-state index contributed by atoms with van der Waals surface area (Å²) in [7, 11) is 0. The van der Waals surface area contributed by atoms with E-state index in [0.29, 0.717) is 6.54 Å². The Morgan fingerprint density at radius 3 is 2.73 bits per heavy atom. The van der Waals surface area contributed by atoms with Gasteiger partial charge in [0.25, 0.3) is 0 Å². The van der Waals surface area contributed by atoms with Crippen molar-refractivity contribution in [3.63, 3.8) is 0 Å². The number of para-hydroxylation sites is 2. The molecule has 4 nitrogen and oxygen atoms in total. The van der Waals surface area contributed by atoms with Crippen molar-refractivity contribution in [2.24, 2.45) is 0 Å². The number of halogens is 1. The molecule has 0 bridgehead atoms. The molecule has 0 unspecified atom stereocenters. The van der Waals surface area contributed by atoms with Gasteiger partial charge in [-0.2, -0.15) is 0 Å². The highest BCUT2D eigenvalue weighted by molar-refractivity contribution is 6.31. The zero-order valence-corrected chi connectivity index (χ0v) is 12.5. The summed E-state index contributed by atoms with van der Waals surface area (Å²) in [5, 5.41) is 4.12. The Morgan fingerprint density at radius 1 is 1.00 bits per heavy atom. The smallest absolute Gasteiger partial charge is 0.153 e. The molecule has 4 rings (SSSR count). The average molecular weight is 309 g/mol. The van der Waals surface area contributed by atoms with Crippen LogP contribution in [0.25, 0.3) is 16.6 Å². The van der Waals surface area contributed by atoms with E-state index < -0.39 is 0 Å². The van der Waals surface area contributed by atoms with Crippen molar-refractivity contribution >= 4 is 34.0 Å². The molecule has 2 heterocycles. The number of imidazole rings is 1. The van der Waals surface area contributed by atoms with E-state index in [4.69, 9.17) is 16.6 Å². The third kappa shape index (κ3) is 2.18. The van der Waals surface area contributed by atoms with E-state index in [0.717, 1.165) is 33.0 Å². The second kappa shape index (κ2) is 5.31. The molecule has 0 aliphatic carbocycles. The molecule has 0 aliphatic rings. The minimum absolute atomic E-state index is 0.617. The maximum atomic E-state index is 6.20. The second-order valence-corrected chi connectivity index (χ2v) is 5.45. The van der Waals surface area contributed by atoms with Gasteiger partial charge < -0.3 is 5.32 Å². The fourth-order valence-electron chi connectivity index (χ4n) is 2.55. The molecule has 0 fully saturated rings. The number of fused-ring (bicyclic) bond motifs is 3. The number of nitrogens with zero attached hydrogens (tertiary/aromatic N) is 3. The van der Waals surface area contributed by atoms with Gasteiger partial charge in [-0.15, -0.1) is 0 Å². The number of nitrogens with one attached hydrogen (secondary N) is 1. The van der Waals surface area contributed by atoms with E-state index in [1.54, 1.807) is 6.33 Å². The van der Waals surface area contributed by atoms with Crippen molar-refractivity contribution in [3.05, 3.63) is 71.6 Å². The fraction of sp³-hybridized carbons (Fsp3) is 0.0588. The Labute approximate surface area is 132 Å². The number of anilines is 1. The van der Waals surface area contributed by atoms with Crippen LogP contribution in [-0.4, -0.2) is 14.4 Å². The normalized spacial score (nSPS) is 11.1. The highest BCUT2D eigenvalue weighted by atomic mass is 35.5. The van der Waals surface area contributed by atoms with Gasteiger partial charge in [0.05, 0.1) is 23.6 Å². The monoisotopic (exact) mass is 308 g/mol. The van der Waals surface area contributed by atoms with Crippen molar-refractivity contribution in [1.82, 2.24) is 14.4 Å². The summed E-state index contributed by atoms with van der Waals surface area (Å²) in [4.78, 5) is 8.95. The molecule has 2 aromatic heterocycles. The summed E-state index contributed by atoms with van der Waals surface area (Å²) in [6.45, 7) is 0.617. The average Bonchev–Trinajstić information content (AvgIpc) is 3.04. The zero-order chi connectivity index (χ0) is 14.9. The van der Waals surface area contributed by atoms with Gasteiger partial charge in [0.2, 0.25) is 0 Å². The van der Waals surface area contributed by atoms with Crippen LogP contribution in [0.1, 0.15) is 5.56 Å². The highest BCUT2D eigenvalue weighted by Crippen LogP contribution is 2.23. The molecule has 1 N–H and O–H groups in total. The summed E-state index contributed by atoms with van der Waals surface area (Å²) in [5.41, 5.74) is 3.95. The molecule has 0 aliphatic heterocycles. The number of benzene rings is 2. The molecule has 0 amide bonds. The van der Waals surface area contributed by atoms with Crippen molar-refractivity contribution in [2.75, 3.05) is 5.32 Å². The van der Waals surface area contributed by atoms with Crippen LogP contribution >= 0.6 is 11.6 Å². The molecule has 0 spiro atoms. The Kier molecular flexibility index (Phi) is 3.16. The number of rotatable bonds is 3. The van der Waals surface area contributed by atoms with Crippen molar-refractivity contribution in [1.29, 1.82) is 0 Å². The van der Waals surface area contributed by atoms with Crippen LogP contribution < -0.4 is 5.32 Å². The number of hydrogen-bond acceptors (Lipinski definition) is 3. The summed E-state index contributed by atoms with van der Waals surface area (Å²) >= 11 is 6.20. The lowest BCUT2D eigenvalue weighted by Gasteiger charge is -2.10. The standard InChI is InChI=1S/C17H13ClN4/c18-13-6-2-1-5-12(13)9-20-17-16-10-19-11-22(16)15-8-4-3-7-14(15)21-17/h1-8,10-11H,9H2,(H,20,21). The lowest BCUT2D eigenvalue weighted by Crippen LogP contribution is -2.04. The van der Waals surface area contributed by atoms with Gasteiger partial charge in [-0.3, -0.25) is 4.40 Å². The van der Waals surface area contributed by atoms with Crippen molar-refractivity contribution in [2.45, 2.75) is 6.54 Å². The SMILES string of the molecule is Clc1ccccc1CNc1nc2ccccc2n2cncc12. The van der Waals surface area contributed by atoms with E-state index in [1.807, 2.05) is 59.1 Å². The lowest BCUT2D eigenvalue weighted by atomic mass is 10.2. The van der Waals surface area contributed by atoms with Gasteiger partial charge in [-0.1, -0.05) is 41.9 Å². The van der Waals surface area contributed by atoms with E-state index >= 15 is 0 Å². The minimum Gasteiger partial charge on any atom is -0.364 e. The molecule has 0 saturated carbocycles. The predicted octanol–water partition coefficient (Wildman–Crippen LogP) is 4.15. The maximum Gasteiger partial charge on any atom is 0.153 e. The van der Waals surface area contributed by atoms with Crippen LogP contribution in [0, 0.1) is 0 Å². The zero-order valence-electron chi connectivity index (χ0n) is 11.7. The molecule has 0 atom stereocenters. The topological polar surface area (TPSA) is 42.2 Å². The summed E-state index contributed by atoms with van der Waals surface area (Å²) in [6.07, 6.45) is 3.62. The summed E-state index contributed by atoms with van der Waals surface area (Å²) in [5.74, 6) is 0.802. The third-order valence-corrected chi connectivity index (χ3v) is 4.03. The summed E-state index contributed by atoms with van der Waals surface area (Å²) in [6, 6.07) is 15.8. The van der Waals surface area contributed by atoms with Crippen LogP contribution in [0.5, 0.6) is 0 Å². The van der Waals surface area contributed by atoms with Gasteiger partial charge in [0, 0.05) is 11.6 Å². The maximum absolute atomic E-state index is 6.20. The van der Waals surface area contributed by atoms with Crippen molar-refractivity contribution < 1.29 is 0 Å². The Balaban J connectivity index is 1.77. The molecule has 108 valence electrons. The lowest BCUT2D eigenvalue weighted by molar-refractivity contribution is 1.11. The van der Waals surface area contributed by atoms with E-state index in [9.17, 15) is 0 Å². The fourth-order valence-corrected chi connectivity index (χ4v) is 2.76. The first kappa shape index (κ1) is 13.1. The molecule has 5 heteroatoms. The van der Waals surface area contributed by atoms with Gasteiger partial charge in [-0.25, -0.2) is 9.97 Å². The minimum atomic E-state index is 0.617. The van der Waals surface area contributed by atoms with Crippen LogP contribution in [-0.2, 0) is 6.54 Å². The van der Waals surface area contributed by atoms with Gasteiger partial charge in [-0.05, 0) is 23.8 Å². The Bertz CT molecular complexity index is 961. The molecular weight excluding hydrogens is 296 g/mol. The van der Waals surface area contributed by atoms with Crippen LogP contribution in [0.3, 0.4) is 0 Å². The second-order valence-electron chi connectivity index (χ2n) is 5.04. The molecule has 4 aromatic rings. The van der Waals surface area contributed by atoms with Crippen molar-refractivity contribution in [3.8, 4) is 0 Å². The first-order valence-corrected chi connectivity index (χ1v) is 7.39.